The number of Topliss-reactive ketones (excluding diaryl/α,β-unsaturated/α-hetero) is 1. The Balaban J connectivity index is 2.52. The van der Waals surface area contributed by atoms with E-state index in [-0.39, 0.29) is 12.2 Å². The number of benzene rings is 1. The summed E-state index contributed by atoms with van der Waals surface area (Å²) in [6.07, 6.45) is 0. The number of ether oxygens (including phenoxy) is 3. The van der Waals surface area contributed by atoms with Crippen molar-refractivity contribution in [1.82, 2.24) is 4.90 Å². The smallest absolute Gasteiger partial charge is 0.325 e. The van der Waals surface area contributed by atoms with Crippen molar-refractivity contribution in [2.75, 3.05) is 27.4 Å². The molecule has 1 atom stereocenters. The van der Waals surface area contributed by atoms with Crippen LogP contribution in [0.5, 0.6) is 11.5 Å². The van der Waals surface area contributed by atoms with Gasteiger partial charge in [0.25, 0.3) is 5.91 Å². The Morgan fingerprint density at radius 1 is 1.19 bits per heavy atom. The van der Waals surface area contributed by atoms with E-state index in [1.165, 1.54) is 21.1 Å². The Morgan fingerprint density at radius 3 is 2.38 bits per heavy atom. The minimum atomic E-state index is -0.927. The van der Waals surface area contributed by atoms with Crippen LogP contribution in [0, 0.1) is 0 Å². The summed E-state index contributed by atoms with van der Waals surface area (Å²) in [5.41, 5.74) is 0.418. The van der Waals surface area contributed by atoms with Crippen LogP contribution in [-0.2, 0) is 19.1 Å². The van der Waals surface area contributed by atoms with Gasteiger partial charge in [-0.05, 0) is 31.5 Å². The summed E-state index contributed by atoms with van der Waals surface area (Å²) in [7, 11) is 2.94. The van der Waals surface area contributed by atoms with Crippen LogP contribution in [-0.4, -0.2) is 55.0 Å². The van der Waals surface area contributed by atoms with Gasteiger partial charge in [-0.25, -0.2) is 0 Å². The van der Waals surface area contributed by atoms with Gasteiger partial charge in [0.15, 0.2) is 23.0 Å². The minimum Gasteiger partial charge on any atom is -0.503 e. The van der Waals surface area contributed by atoms with Gasteiger partial charge in [0.1, 0.15) is 6.54 Å². The van der Waals surface area contributed by atoms with Gasteiger partial charge in [-0.2, -0.15) is 0 Å². The van der Waals surface area contributed by atoms with E-state index in [0.29, 0.717) is 17.1 Å². The van der Waals surface area contributed by atoms with E-state index in [0.717, 1.165) is 4.90 Å². The quantitative estimate of drug-likeness (QED) is 0.733. The van der Waals surface area contributed by atoms with Crippen molar-refractivity contribution in [2.24, 2.45) is 0 Å². The molecule has 1 aliphatic rings. The molecule has 0 saturated carbocycles. The third-order valence-corrected chi connectivity index (χ3v) is 4.01. The van der Waals surface area contributed by atoms with Crippen LogP contribution in [0.2, 0.25) is 0 Å². The molecule has 1 heterocycles. The highest BCUT2D eigenvalue weighted by atomic mass is 16.5. The Labute approximate surface area is 150 Å². The highest BCUT2D eigenvalue weighted by Crippen LogP contribution is 2.40. The predicted molar refractivity (Wildman–Crippen MR) is 91.0 cm³/mol. The van der Waals surface area contributed by atoms with Gasteiger partial charge >= 0.3 is 5.97 Å². The van der Waals surface area contributed by atoms with Crippen molar-refractivity contribution in [3.63, 3.8) is 0 Å². The number of aliphatic hydroxyl groups excluding tert-OH is 1. The SMILES string of the molecule is CCOC(=O)CN1C(=O)C(O)=C(C(C)=O)[C@H]1c1ccc(OC)c(OC)c1. The van der Waals surface area contributed by atoms with E-state index in [1.54, 1.807) is 25.1 Å². The molecule has 0 unspecified atom stereocenters. The number of ketones is 1. The van der Waals surface area contributed by atoms with Crippen molar-refractivity contribution in [1.29, 1.82) is 0 Å². The predicted octanol–water partition coefficient (Wildman–Crippen LogP) is 1.55. The Kier molecular flexibility index (Phi) is 5.86. The van der Waals surface area contributed by atoms with E-state index in [2.05, 4.69) is 0 Å². The maximum Gasteiger partial charge on any atom is 0.325 e. The van der Waals surface area contributed by atoms with Crippen molar-refractivity contribution in [3.8, 4) is 11.5 Å². The Hall–Kier alpha value is -3.03. The zero-order chi connectivity index (χ0) is 19.4. The summed E-state index contributed by atoms with van der Waals surface area (Å²) >= 11 is 0. The number of nitrogens with zero attached hydrogens (tertiary/aromatic N) is 1. The number of hydrogen-bond acceptors (Lipinski definition) is 7. The van der Waals surface area contributed by atoms with E-state index >= 15 is 0 Å². The zero-order valence-electron chi connectivity index (χ0n) is 15.1. The average molecular weight is 363 g/mol. The van der Waals surface area contributed by atoms with Gasteiger partial charge in [-0.1, -0.05) is 6.07 Å². The van der Waals surface area contributed by atoms with Crippen molar-refractivity contribution >= 4 is 17.7 Å². The largest absolute Gasteiger partial charge is 0.503 e. The average Bonchev–Trinajstić information content (AvgIpc) is 2.86. The standard InChI is InChI=1S/C18H21NO7/c1-5-26-14(21)9-19-16(15(10(2)20)17(22)18(19)23)11-6-7-12(24-3)13(8-11)25-4/h6-8,16,22H,5,9H2,1-4H3/t16-/m1/s1. The molecular weight excluding hydrogens is 342 g/mol. The van der Waals surface area contributed by atoms with E-state index in [9.17, 15) is 19.5 Å². The third-order valence-electron chi connectivity index (χ3n) is 4.01. The fraction of sp³-hybridized carbons (Fsp3) is 0.389. The van der Waals surface area contributed by atoms with Crippen molar-refractivity contribution in [2.45, 2.75) is 19.9 Å². The molecule has 2 rings (SSSR count). The number of methoxy groups -OCH3 is 2. The lowest BCUT2D eigenvalue weighted by molar-refractivity contribution is -0.148. The second kappa shape index (κ2) is 7.90. The van der Waals surface area contributed by atoms with E-state index in [1.807, 2.05) is 0 Å². The van der Waals surface area contributed by atoms with Crippen LogP contribution in [0.15, 0.2) is 29.5 Å². The molecule has 1 aromatic carbocycles. The molecule has 0 spiro atoms. The molecule has 1 amide bonds. The summed E-state index contributed by atoms with van der Waals surface area (Å²) in [5.74, 6) is -1.71. The van der Waals surface area contributed by atoms with Gasteiger partial charge < -0.3 is 24.2 Å². The van der Waals surface area contributed by atoms with Crippen LogP contribution in [0.4, 0.5) is 0 Å². The maximum absolute atomic E-state index is 12.4. The lowest BCUT2D eigenvalue weighted by Crippen LogP contribution is -2.36. The number of esters is 1. The van der Waals surface area contributed by atoms with Crippen molar-refractivity contribution in [3.05, 3.63) is 35.1 Å². The van der Waals surface area contributed by atoms with Crippen LogP contribution in [0.3, 0.4) is 0 Å². The lowest BCUT2D eigenvalue weighted by Gasteiger charge is -2.26. The molecule has 0 saturated heterocycles. The summed E-state index contributed by atoms with van der Waals surface area (Å²) < 4.78 is 15.3. The first-order valence-corrected chi connectivity index (χ1v) is 7.98. The van der Waals surface area contributed by atoms with Crippen molar-refractivity contribution < 1.29 is 33.7 Å². The van der Waals surface area contributed by atoms with E-state index in [4.69, 9.17) is 14.2 Å². The monoisotopic (exact) mass is 363 g/mol. The molecule has 8 nitrogen and oxygen atoms in total. The first-order valence-electron chi connectivity index (χ1n) is 7.98. The van der Waals surface area contributed by atoms with Gasteiger partial charge in [0.2, 0.25) is 0 Å². The molecule has 0 fully saturated rings. The number of hydrogen-bond donors (Lipinski definition) is 1. The van der Waals surface area contributed by atoms with Crippen LogP contribution < -0.4 is 9.47 Å². The second-order valence-corrected chi connectivity index (χ2v) is 5.57. The molecular formula is C18H21NO7. The minimum absolute atomic E-state index is 0.0773. The third kappa shape index (κ3) is 3.49. The van der Waals surface area contributed by atoms with Crippen LogP contribution in [0.25, 0.3) is 0 Å². The van der Waals surface area contributed by atoms with Crippen LogP contribution >= 0.6 is 0 Å². The fourth-order valence-electron chi connectivity index (χ4n) is 2.89. The number of aliphatic hydroxyl groups is 1. The number of carbonyl (C=O) groups is 3. The molecule has 8 heteroatoms. The van der Waals surface area contributed by atoms with Gasteiger partial charge in [-0.3, -0.25) is 14.4 Å². The normalized spacial score (nSPS) is 16.7. The lowest BCUT2D eigenvalue weighted by atomic mass is 9.96. The summed E-state index contributed by atoms with van der Waals surface area (Å²) in [6.45, 7) is 2.65. The van der Waals surface area contributed by atoms with E-state index < -0.39 is 36.0 Å². The Morgan fingerprint density at radius 2 is 1.85 bits per heavy atom. The molecule has 1 N–H and O–H groups in total. The van der Waals surface area contributed by atoms with Gasteiger partial charge in [0.05, 0.1) is 32.4 Å². The number of carbonyl (C=O) groups excluding carboxylic acids is 3. The fourth-order valence-corrected chi connectivity index (χ4v) is 2.89. The van der Waals surface area contributed by atoms with Gasteiger partial charge in [0, 0.05) is 0 Å². The molecule has 0 aromatic heterocycles. The van der Waals surface area contributed by atoms with Gasteiger partial charge in [-0.15, -0.1) is 0 Å². The summed E-state index contributed by atoms with van der Waals surface area (Å²) in [4.78, 5) is 37.5. The molecule has 1 aliphatic heterocycles. The first-order chi connectivity index (χ1) is 12.3. The maximum atomic E-state index is 12.4. The molecule has 0 radical (unpaired) electrons. The number of rotatable bonds is 7. The molecule has 26 heavy (non-hydrogen) atoms. The summed E-state index contributed by atoms with van der Waals surface area (Å²) in [6, 6.07) is 3.92. The summed E-state index contributed by atoms with van der Waals surface area (Å²) in [5, 5.41) is 10.2. The zero-order valence-corrected chi connectivity index (χ0v) is 15.1. The first kappa shape index (κ1) is 19.3. The molecule has 1 aromatic rings. The highest BCUT2D eigenvalue weighted by molar-refractivity contribution is 6.08. The highest BCUT2D eigenvalue weighted by Gasteiger charge is 2.43. The second-order valence-electron chi connectivity index (χ2n) is 5.57. The topological polar surface area (TPSA) is 102 Å². The van der Waals surface area contributed by atoms with Crippen LogP contribution in [0.1, 0.15) is 25.5 Å². The number of amides is 1. The molecule has 140 valence electrons. The molecule has 0 bridgehead atoms. The molecule has 0 aliphatic carbocycles. The Bertz CT molecular complexity index is 769.